The van der Waals surface area contributed by atoms with Crippen LogP contribution in [0.3, 0.4) is 0 Å². The van der Waals surface area contributed by atoms with Crippen molar-refractivity contribution in [3.8, 4) is 0 Å². The maximum Gasteiger partial charge on any atom is 0.351 e. The third-order valence-corrected chi connectivity index (χ3v) is 7.86. The van der Waals surface area contributed by atoms with Gasteiger partial charge in [0.15, 0.2) is 0 Å². The quantitative estimate of drug-likeness (QED) is 0.372. The molecule has 1 aliphatic heterocycles. The molecular formula is C34H52N2+2. The summed E-state index contributed by atoms with van der Waals surface area (Å²) in [7, 11) is 0. The largest absolute Gasteiger partial charge is 0.351 e. The molecule has 196 valence electrons. The van der Waals surface area contributed by atoms with Crippen LogP contribution in [-0.2, 0) is 21.7 Å². The molecule has 0 saturated carbocycles. The van der Waals surface area contributed by atoms with Gasteiger partial charge in [0.05, 0.1) is 6.92 Å². The lowest BCUT2D eigenvalue weighted by Crippen LogP contribution is -2.30. The van der Waals surface area contributed by atoms with E-state index in [1.54, 1.807) is 0 Å². The van der Waals surface area contributed by atoms with E-state index in [0.29, 0.717) is 0 Å². The van der Waals surface area contributed by atoms with Crippen LogP contribution in [0.4, 0.5) is 11.4 Å². The van der Waals surface area contributed by atoms with Gasteiger partial charge in [-0.2, -0.15) is 0 Å². The molecule has 2 nitrogen and oxygen atoms in total. The molecule has 2 heteroatoms. The molecule has 0 unspecified atom stereocenters. The van der Waals surface area contributed by atoms with Crippen LogP contribution in [0.5, 0.6) is 0 Å². The Morgan fingerprint density at radius 1 is 0.500 bits per heavy atom. The fraction of sp³-hybridized carbons (Fsp3) is 0.588. The standard InChI is InChI=1S/C34H52N2/c1-22-23(2)36(30-21-26(32(7,8)9)17-19-28(30)34(13,14)15)24(3)35(22)29-20-25(31(4,5)6)16-18-27(29)33(10,11)12/h16-21,24H,1-15H3/q+2. The van der Waals surface area contributed by atoms with Crippen LogP contribution in [0.2, 0.25) is 0 Å². The minimum Gasteiger partial charge on any atom is -0.128 e. The Morgan fingerprint density at radius 3 is 1.06 bits per heavy atom. The predicted octanol–water partition coefficient (Wildman–Crippen LogP) is 9.15. The summed E-state index contributed by atoms with van der Waals surface area (Å²) >= 11 is 0. The highest BCUT2D eigenvalue weighted by atomic mass is 15.3. The summed E-state index contributed by atoms with van der Waals surface area (Å²) in [5.74, 6) is 0. The fourth-order valence-corrected chi connectivity index (χ4v) is 5.45. The molecule has 0 bridgehead atoms. The Kier molecular flexibility index (Phi) is 7.06. The lowest BCUT2D eigenvalue weighted by atomic mass is 9.80. The maximum absolute atomic E-state index is 2.58. The molecule has 36 heavy (non-hydrogen) atoms. The molecule has 1 heterocycles. The molecule has 0 aliphatic carbocycles. The van der Waals surface area contributed by atoms with Crippen molar-refractivity contribution >= 4 is 22.8 Å². The van der Waals surface area contributed by atoms with Gasteiger partial charge in [-0.25, -0.2) is 0 Å². The van der Waals surface area contributed by atoms with Crippen molar-refractivity contribution < 1.29 is 9.15 Å². The third kappa shape index (κ3) is 5.24. The molecule has 0 N–H and O–H groups in total. The van der Waals surface area contributed by atoms with Crippen LogP contribution < -0.4 is 0 Å². The second kappa shape index (κ2) is 8.96. The normalized spacial score (nSPS) is 16.4. The zero-order valence-corrected chi connectivity index (χ0v) is 25.9. The van der Waals surface area contributed by atoms with E-state index in [9.17, 15) is 0 Å². The first-order chi connectivity index (χ1) is 16.2. The van der Waals surface area contributed by atoms with Crippen LogP contribution in [-0.4, -0.2) is 26.7 Å². The summed E-state index contributed by atoms with van der Waals surface area (Å²) in [5.41, 5.74) is 11.2. The van der Waals surface area contributed by atoms with Gasteiger partial charge in [-0.15, -0.1) is 9.15 Å². The van der Waals surface area contributed by atoms with E-state index in [4.69, 9.17) is 0 Å². The van der Waals surface area contributed by atoms with Crippen LogP contribution in [0.15, 0.2) is 36.4 Å². The van der Waals surface area contributed by atoms with E-state index in [0.717, 1.165) is 0 Å². The molecule has 2 aromatic carbocycles. The second-order valence-electron chi connectivity index (χ2n) is 15.0. The summed E-state index contributed by atoms with van der Waals surface area (Å²) < 4.78 is 5.17. The van der Waals surface area contributed by atoms with E-state index < -0.39 is 0 Å². The highest BCUT2D eigenvalue weighted by molar-refractivity contribution is 6.37. The Balaban J connectivity index is 2.30. The molecule has 0 amide bonds. The Labute approximate surface area is 222 Å². The molecule has 0 aromatic heterocycles. The third-order valence-electron chi connectivity index (χ3n) is 7.86. The van der Waals surface area contributed by atoms with Crippen molar-refractivity contribution in [3.63, 3.8) is 0 Å². The highest BCUT2D eigenvalue weighted by Crippen LogP contribution is 2.41. The van der Waals surface area contributed by atoms with Crippen molar-refractivity contribution in [1.29, 1.82) is 0 Å². The van der Waals surface area contributed by atoms with Crippen molar-refractivity contribution in [2.24, 2.45) is 0 Å². The zero-order chi connectivity index (χ0) is 27.6. The summed E-state index contributed by atoms with van der Waals surface area (Å²) in [4.78, 5) is 0. The van der Waals surface area contributed by atoms with Crippen LogP contribution in [0, 0.1) is 0 Å². The number of benzene rings is 2. The van der Waals surface area contributed by atoms with Gasteiger partial charge in [0.1, 0.15) is 0 Å². The van der Waals surface area contributed by atoms with Gasteiger partial charge in [-0.1, -0.05) is 107 Å². The van der Waals surface area contributed by atoms with Crippen molar-refractivity contribution in [2.45, 2.75) is 132 Å². The minimum absolute atomic E-state index is 0.0514. The molecule has 0 atom stereocenters. The SMILES string of the molecule is CC1=[N+](c2cc(C(C)(C)C)ccc2C(C)(C)C)C(C)[N+](c2cc(C(C)(C)C)ccc2C(C)(C)C)=C1C. The van der Waals surface area contributed by atoms with E-state index in [2.05, 4.69) is 149 Å². The first-order valence-electron chi connectivity index (χ1n) is 13.7. The van der Waals surface area contributed by atoms with Crippen molar-refractivity contribution in [1.82, 2.24) is 0 Å². The van der Waals surface area contributed by atoms with Crippen LogP contribution in [0.25, 0.3) is 0 Å². The smallest absolute Gasteiger partial charge is 0.128 e. The number of hydrogen-bond acceptors (Lipinski definition) is 0. The van der Waals surface area contributed by atoms with Crippen LogP contribution >= 0.6 is 0 Å². The van der Waals surface area contributed by atoms with Gasteiger partial charge >= 0.3 is 6.17 Å². The maximum atomic E-state index is 2.58. The van der Waals surface area contributed by atoms with Crippen LogP contribution in [0.1, 0.15) is 126 Å². The molecule has 3 rings (SSSR count). The minimum atomic E-state index is 0.0514. The molecule has 0 fully saturated rings. The Hall–Kier alpha value is -2.22. The van der Waals surface area contributed by atoms with Gasteiger partial charge in [0.25, 0.3) is 11.4 Å². The Morgan fingerprint density at radius 2 is 0.806 bits per heavy atom. The second-order valence-corrected chi connectivity index (χ2v) is 15.0. The molecule has 0 saturated heterocycles. The van der Waals surface area contributed by atoms with E-state index in [1.807, 2.05) is 0 Å². The first-order valence-corrected chi connectivity index (χ1v) is 13.7. The average molecular weight is 489 g/mol. The summed E-state index contributed by atoms with van der Waals surface area (Å²) in [6.07, 6.45) is 0.178. The summed E-state index contributed by atoms with van der Waals surface area (Å²) in [6, 6.07) is 14.3. The lowest BCUT2D eigenvalue weighted by Gasteiger charge is -2.26. The van der Waals surface area contributed by atoms with Gasteiger partial charge in [-0.05, 0) is 32.8 Å². The average Bonchev–Trinajstić information content (AvgIpc) is 2.92. The number of hydrogen-bond donors (Lipinski definition) is 0. The number of rotatable bonds is 2. The molecule has 2 aromatic rings. The van der Waals surface area contributed by atoms with E-state index in [1.165, 1.54) is 45.1 Å². The van der Waals surface area contributed by atoms with Crippen molar-refractivity contribution in [3.05, 3.63) is 58.7 Å². The molecule has 0 radical (unpaired) electrons. The Bertz CT molecular complexity index is 1130. The summed E-state index contributed by atoms with van der Waals surface area (Å²) in [6.45, 7) is 34.8. The highest BCUT2D eigenvalue weighted by Gasteiger charge is 2.46. The van der Waals surface area contributed by atoms with Gasteiger partial charge < -0.3 is 0 Å². The monoisotopic (exact) mass is 488 g/mol. The van der Waals surface area contributed by atoms with Gasteiger partial charge in [0.2, 0.25) is 11.4 Å². The van der Waals surface area contributed by atoms with E-state index >= 15 is 0 Å². The molecule has 1 aliphatic rings. The first kappa shape index (κ1) is 28.4. The molecule has 0 spiro atoms. The van der Waals surface area contributed by atoms with Gasteiger partial charge in [-0.3, -0.25) is 0 Å². The zero-order valence-electron chi connectivity index (χ0n) is 25.9. The topological polar surface area (TPSA) is 6.02 Å². The van der Waals surface area contributed by atoms with Gasteiger partial charge in [0, 0.05) is 37.1 Å². The predicted molar refractivity (Wildman–Crippen MR) is 158 cm³/mol. The molecular weight excluding hydrogens is 436 g/mol. The number of nitrogens with zero attached hydrogens (tertiary/aromatic N) is 2. The van der Waals surface area contributed by atoms with Crippen molar-refractivity contribution in [2.75, 3.05) is 0 Å². The summed E-state index contributed by atoms with van der Waals surface area (Å²) in [5, 5.41) is 0. The van der Waals surface area contributed by atoms with E-state index in [-0.39, 0.29) is 27.8 Å². The lowest BCUT2D eigenvalue weighted by molar-refractivity contribution is -0.688. The fourth-order valence-electron chi connectivity index (χ4n) is 5.45.